The summed E-state index contributed by atoms with van der Waals surface area (Å²) in [4.78, 5) is 39.5. The number of amides is 1. The highest BCUT2D eigenvalue weighted by atomic mass is 35.5. The van der Waals surface area contributed by atoms with E-state index in [9.17, 15) is 14.4 Å². The third-order valence-corrected chi connectivity index (χ3v) is 6.01. The molecule has 4 atom stereocenters. The molecule has 10 heteroatoms. The van der Waals surface area contributed by atoms with Gasteiger partial charge in [-0.2, -0.15) is 0 Å². The second kappa shape index (κ2) is 6.22. The molecule has 0 saturated carbocycles. The van der Waals surface area contributed by atoms with E-state index in [1.807, 2.05) is 4.90 Å². The molecule has 3 heterocycles. The fourth-order valence-corrected chi connectivity index (χ4v) is 4.77. The molecule has 4 N–H and O–H groups in total. The Morgan fingerprint density at radius 3 is 2.81 bits per heavy atom. The average molecular weight is 397 g/mol. The van der Waals surface area contributed by atoms with Gasteiger partial charge in [-0.3, -0.25) is 9.59 Å². The molecular weight excluding hydrogens is 376 g/mol. The van der Waals surface area contributed by atoms with Crippen LogP contribution in [0.3, 0.4) is 0 Å². The van der Waals surface area contributed by atoms with Crippen LogP contribution in [-0.2, 0) is 19.1 Å². The van der Waals surface area contributed by atoms with Crippen LogP contribution in [0.25, 0.3) is 0 Å². The van der Waals surface area contributed by atoms with E-state index in [2.05, 4.69) is 10.6 Å². The van der Waals surface area contributed by atoms with Crippen molar-refractivity contribution >= 4 is 29.3 Å². The molecule has 0 aromatic rings. The highest BCUT2D eigenvalue weighted by Crippen LogP contribution is 2.55. The molecule has 0 radical (unpaired) electrons. The summed E-state index contributed by atoms with van der Waals surface area (Å²) < 4.78 is 10.9. The maximum absolute atomic E-state index is 13.3. The third kappa shape index (κ3) is 2.35. The molecule has 0 aromatic carbocycles. The Morgan fingerprint density at radius 1 is 1.44 bits per heavy atom. The number of ketones is 2. The number of nitrogens with two attached hydrogens (primary N) is 1. The fraction of sp³-hybridized carbons (Fsp3) is 0.588. The lowest BCUT2D eigenvalue weighted by Crippen LogP contribution is -2.55. The molecule has 4 aliphatic rings. The monoisotopic (exact) mass is 396 g/mol. The zero-order valence-electron chi connectivity index (χ0n) is 15.0. The second-order valence-corrected chi connectivity index (χ2v) is 7.41. The first-order chi connectivity index (χ1) is 12.9. The summed E-state index contributed by atoms with van der Waals surface area (Å²) in [5.74, 6) is -0.869. The molecule has 3 aliphatic heterocycles. The minimum absolute atomic E-state index is 0.0604. The van der Waals surface area contributed by atoms with Crippen LogP contribution in [0.1, 0.15) is 6.92 Å². The number of allylic oxidation sites excluding steroid dienone is 2. The Balaban J connectivity index is 1.79. The quantitative estimate of drug-likeness (QED) is 0.302. The van der Waals surface area contributed by atoms with Crippen molar-refractivity contribution in [2.45, 2.75) is 24.7 Å². The number of ether oxygens (including phenoxy) is 2. The van der Waals surface area contributed by atoms with Crippen LogP contribution >= 0.6 is 11.6 Å². The van der Waals surface area contributed by atoms with Crippen LogP contribution in [0, 0.1) is 5.92 Å². The van der Waals surface area contributed by atoms with Gasteiger partial charge in [0.1, 0.15) is 6.61 Å². The van der Waals surface area contributed by atoms with Crippen molar-refractivity contribution in [2.75, 3.05) is 32.7 Å². The van der Waals surface area contributed by atoms with E-state index in [1.54, 1.807) is 6.92 Å². The molecule has 27 heavy (non-hydrogen) atoms. The zero-order valence-corrected chi connectivity index (χ0v) is 15.8. The molecule has 1 aliphatic carbocycles. The molecule has 2 fully saturated rings. The van der Waals surface area contributed by atoms with Gasteiger partial charge in [-0.1, -0.05) is 0 Å². The van der Waals surface area contributed by atoms with E-state index >= 15 is 0 Å². The Labute approximate surface area is 160 Å². The van der Waals surface area contributed by atoms with Crippen LogP contribution in [0.4, 0.5) is 4.79 Å². The maximum atomic E-state index is 13.3. The van der Waals surface area contributed by atoms with Gasteiger partial charge in [-0.15, -0.1) is 11.6 Å². The number of piperazine rings is 1. The Kier molecular flexibility index (Phi) is 4.21. The van der Waals surface area contributed by atoms with E-state index in [-0.39, 0.29) is 36.0 Å². The molecule has 2 saturated heterocycles. The van der Waals surface area contributed by atoms with Crippen molar-refractivity contribution in [2.24, 2.45) is 11.7 Å². The van der Waals surface area contributed by atoms with Crippen molar-refractivity contribution in [3.8, 4) is 0 Å². The van der Waals surface area contributed by atoms with Crippen LogP contribution < -0.4 is 16.4 Å². The Hall–Kier alpha value is -2.10. The minimum Gasteiger partial charge on any atom is -0.449 e. The molecule has 0 spiro atoms. The smallest absolute Gasteiger partial charge is 0.404 e. The predicted octanol–water partition coefficient (Wildman–Crippen LogP) is -0.781. The number of rotatable bonds is 6. The van der Waals surface area contributed by atoms with E-state index in [1.165, 1.54) is 7.11 Å². The molecule has 9 nitrogen and oxygen atoms in total. The zero-order chi connectivity index (χ0) is 19.5. The number of nitrogens with zero attached hydrogens (tertiary/aromatic N) is 1. The van der Waals surface area contributed by atoms with Gasteiger partial charge in [0.25, 0.3) is 0 Å². The number of Topliss-reactive ketones (excluding diaryl/α,β-unsaturated/α-hetero) is 2. The minimum atomic E-state index is -0.960. The third-order valence-electron chi connectivity index (χ3n) is 5.82. The molecule has 4 unspecified atom stereocenters. The van der Waals surface area contributed by atoms with E-state index in [0.29, 0.717) is 35.8 Å². The molecule has 146 valence electrons. The largest absolute Gasteiger partial charge is 0.449 e. The summed E-state index contributed by atoms with van der Waals surface area (Å²) in [6.07, 6.45) is -0.943. The summed E-state index contributed by atoms with van der Waals surface area (Å²) in [5.41, 5.74) is 5.41. The number of halogens is 1. The van der Waals surface area contributed by atoms with Crippen molar-refractivity contribution < 1.29 is 23.9 Å². The van der Waals surface area contributed by atoms with E-state index in [4.69, 9.17) is 26.8 Å². The van der Waals surface area contributed by atoms with Crippen molar-refractivity contribution in [3.63, 3.8) is 0 Å². The van der Waals surface area contributed by atoms with Crippen LogP contribution in [0.2, 0.25) is 0 Å². The summed E-state index contributed by atoms with van der Waals surface area (Å²) in [6.45, 7) is 2.37. The number of carbonyl (C=O) groups is 3. The topological polar surface area (TPSA) is 133 Å². The molecule has 0 aromatic heterocycles. The SMILES string of the molecule is COC12C(COC(N)=O)C3=C(C(=O)C(C)=C(NCCCl)C3=O)N1CC1NC12. The van der Waals surface area contributed by atoms with Gasteiger partial charge in [0, 0.05) is 43.3 Å². The number of hydrogen-bond acceptors (Lipinski definition) is 8. The summed E-state index contributed by atoms with van der Waals surface area (Å²) in [5, 5.41) is 6.26. The molecule has 4 rings (SSSR count). The lowest BCUT2D eigenvalue weighted by molar-refractivity contribution is -0.137. The highest BCUT2D eigenvalue weighted by Gasteiger charge is 2.72. The number of alkyl halides is 1. The standard InChI is InChI=1S/C17H21ClN4O5/c1-7-11(20-4-3-18)14(24)10-8(6-27-16(19)25)17(26-2)15-9(21-15)5-22(17)12(10)13(7)23/h8-9,15,20-21H,3-6H2,1-2H3,(H2,19,25). The Bertz CT molecular complexity index is 809. The maximum Gasteiger partial charge on any atom is 0.404 e. The Morgan fingerprint density at radius 2 is 2.19 bits per heavy atom. The molecular formula is C17H21ClN4O5. The average Bonchev–Trinajstić information content (AvgIpc) is 3.24. The highest BCUT2D eigenvalue weighted by molar-refractivity contribution is 6.25. The molecule has 0 bridgehead atoms. The number of methoxy groups -OCH3 is 1. The number of fused-ring (bicyclic) bond motifs is 4. The van der Waals surface area contributed by atoms with Gasteiger partial charge in [0.15, 0.2) is 5.72 Å². The molecule has 1 amide bonds. The first-order valence-electron chi connectivity index (χ1n) is 8.73. The van der Waals surface area contributed by atoms with Crippen LogP contribution in [-0.4, -0.2) is 73.1 Å². The van der Waals surface area contributed by atoms with Crippen molar-refractivity contribution in [1.29, 1.82) is 0 Å². The first-order valence-corrected chi connectivity index (χ1v) is 9.27. The lowest BCUT2D eigenvalue weighted by atomic mass is 9.82. The van der Waals surface area contributed by atoms with Gasteiger partial charge < -0.3 is 30.7 Å². The van der Waals surface area contributed by atoms with Gasteiger partial charge in [0.05, 0.1) is 23.4 Å². The van der Waals surface area contributed by atoms with E-state index in [0.717, 1.165) is 0 Å². The number of hydrogen-bond donors (Lipinski definition) is 3. The summed E-state index contributed by atoms with van der Waals surface area (Å²) in [7, 11) is 1.53. The summed E-state index contributed by atoms with van der Waals surface area (Å²) >= 11 is 5.72. The van der Waals surface area contributed by atoms with Gasteiger partial charge in [0.2, 0.25) is 11.6 Å². The van der Waals surface area contributed by atoms with Crippen LogP contribution in [0.15, 0.2) is 22.5 Å². The van der Waals surface area contributed by atoms with Crippen molar-refractivity contribution in [1.82, 2.24) is 15.5 Å². The second-order valence-electron chi connectivity index (χ2n) is 7.04. The van der Waals surface area contributed by atoms with Gasteiger partial charge in [-0.25, -0.2) is 4.79 Å². The normalized spacial score (nSPS) is 33.9. The number of carbonyl (C=O) groups excluding carboxylic acids is 3. The van der Waals surface area contributed by atoms with Crippen LogP contribution in [0.5, 0.6) is 0 Å². The fourth-order valence-electron chi connectivity index (χ4n) is 4.68. The van der Waals surface area contributed by atoms with Gasteiger partial charge in [-0.05, 0) is 6.92 Å². The summed E-state index contributed by atoms with van der Waals surface area (Å²) in [6, 6.07) is 0.104. The number of nitrogens with one attached hydrogen (secondary N) is 2. The van der Waals surface area contributed by atoms with Gasteiger partial charge >= 0.3 is 6.09 Å². The predicted molar refractivity (Wildman–Crippen MR) is 94.6 cm³/mol. The van der Waals surface area contributed by atoms with E-state index < -0.39 is 17.7 Å². The lowest BCUT2D eigenvalue weighted by Gasteiger charge is -2.39. The number of primary amides is 1. The first kappa shape index (κ1) is 18.3. The van der Waals surface area contributed by atoms with Crippen molar-refractivity contribution in [3.05, 3.63) is 22.5 Å².